The van der Waals surface area contributed by atoms with E-state index in [9.17, 15) is 13.2 Å². The standard InChI is InChI=1S/C21H32N2O4S/c1-16(24)23-14-6-9-20(22-28(2,25)26)21(23)15-27-19-12-10-18(11-13-19)17-7-4-3-5-8-17/h3-5,7-8,18-22H,6,9-15H2,1-2H3/t18-,19+,20-,21-/m0/s1. The van der Waals surface area contributed by atoms with E-state index in [4.69, 9.17) is 4.74 Å². The molecule has 0 unspecified atom stereocenters. The Labute approximate surface area is 168 Å². The van der Waals surface area contributed by atoms with Crippen molar-refractivity contribution < 1.29 is 17.9 Å². The monoisotopic (exact) mass is 408 g/mol. The first-order valence-electron chi connectivity index (χ1n) is 10.2. The number of carbonyl (C=O) groups excluding carboxylic acids is 1. The topological polar surface area (TPSA) is 75.7 Å². The fourth-order valence-electron chi connectivity index (χ4n) is 4.59. The van der Waals surface area contributed by atoms with Gasteiger partial charge < -0.3 is 9.64 Å². The van der Waals surface area contributed by atoms with Crippen LogP contribution >= 0.6 is 0 Å². The van der Waals surface area contributed by atoms with Gasteiger partial charge in [-0.25, -0.2) is 13.1 Å². The molecule has 1 amide bonds. The van der Waals surface area contributed by atoms with E-state index in [2.05, 4.69) is 29.0 Å². The van der Waals surface area contributed by atoms with Crippen molar-refractivity contribution in [2.45, 2.75) is 69.6 Å². The van der Waals surface area contributed by atoms with E-state index in [-0.39, 0.29) is 24.1 Å². The van der Waals surface area contributed by atoms with Crippen LogP contribution in [-0.2, 0) is 19.6 Å². The summed E-state index contributed by atoms with van der Waals surface area (Å²) in [5.74, 6) is 0.561. The Morgan fingerprint density at radius 3 is 2.43 bits per heavy atom. The molecule has 1 saturated carbocycles. The molecule has 1 heterocycles. The van der Waals surface area contributed by atoms with Gasteiger partial charge >= 0.3 is 0 Å². The highest BCUT2D eigenvalue weighted by atomic mass is 32.2. The molecule has 1 aliphatic heterocycles. The number of piperidine rings is 1. The second kappa shape index (κ2) is 9.37. The first-order valence-corrected chi connectivity index (χ1v) is 12.1. The summed E-state index contributed by atoms with van der Waals surface area (Å²) in [7, 11) is -3.33. The molecule has 2 atom stereocenters. The van der Waals surface area contributed by atoms with Crippen LogP contribution in [0, 0.1) is 0 Å². The van der Waals surface area contributed by atoms with Crippen LogP contribution in [0.3, 0.4) is 0 Å². The zero-order chi connectivity index (χ0) is 20.1. The van der Waals surface area contributed by atoms with Crippen LogP contribution in [0.25, 0.3) is 0 Å². The molecule has 6 nitrogen and oxygen atoms in total. The molecule has 0 radical (unpaired) electrons. The molecule has 2 fully saturated rings. The van der Waals surface area contributed by atoms with E-state index >= 15 is 0 Å². The van der Waals surface area contributed by atoms with Gasteiger partial charge in [0, 0.05) is 19.5 Å². The highest BCUT2D eigenvalue weighted by molar-refractivity contribution is 7.88. The molecule has 0 aromatic heterocycles. The van der Waals surface area contributed by atoms with Gasteiger partial charge in [0.05, 0.1) is 25.0 Å². The Hall–Kier alpha value is -1.44. The molecule has 1 saturated heterocycles. The third-order valence-corrected chi connectivity index (χ3v) is 6.73. The second-order valence-corrected chi connectivity index (χ2v) is 9.92. The molecule has 1 aromatic carbocycles. The molecule has 1 N–H and O–H groups in total. The smallest absolute Gasteiger partial charge is 0.219 e. The van der Waals surface area contributed by atoms with Crippen molar-refractivity contribution >= 4 is 15.9 Å². The van der Waals surface area contributed by atoms with E-state index in [1.54, 1.807) is 11.8 Å². The summed E-state index contributed by atoms with van der Waals surface area (Å²) >= 11 is 0. The Bertz CT molecular complexity index is 745. The van der Waals surface area contributed by atoms with Crippen molar-refractivity contribution in [1.82, 2.24) is 9.62 Å². The van der Waals surface area contributed by atoms with Gasteiger partial charge in [-0.1, -0.05) is 30.3 Å². The minimum Gasteiger partial charge on any atom is -0.376 e. The van der Waals surface area contributed by atoms with Gasteiger partial charge in [0.1, 0.15) is 0 Å². The third-order valence-electron chi connectivity index (χ3n) is 6.00. The van der Waals surface area contributed by atoms with Gasteiger partial charge in [0.25, 0.3) is 0 Å². The number of rotatable bonds is 6. The number of sulfonamides is 1. The van der Waals surface area contributed by atoms with E-state index in [1.165, 1.54) is 11.8 Å². The zero-order valence-corrected chi connectivity index (χ0v) is 17.7. The lowest BCUT2D eigenvalue weighted by Gasteiger charge is -2.41. The van der Waals surface area contributed by atoms with Gasteiger partial charge in [-0.15, -0.1) is 0 Å². The fraction of sp³-hybridized carbons (Fsp3) is 0.667. The lowest BCUT2D eigenvalue weighted by molar-refractivity contribution is -0.136. The average molecular weight is 409 g/mol. The van der Waals surface area contributed by atoms with Crippen LogP contribution in [0.1, 0.15) is 56.9 Å². The Kier molecular flexibility index (Phi) is 7.12. The number of amides is 1. The van der Waals surface area contributed by atoms with Crippen LogP contribution in [0.5, 0.6) is 0 Å². The predicted octanol–water partition coefficient (Wildman–Crippen LogP) is 2.66. The van der Waals surface area contributed by atoms with E-state index in [0.29, 0.717) is 19.1 Å². The predicted molar refractivity (Wildman–Crippen MR) is 110 cm³/mol. The maximum absolute atomic E-state index is 12.1. The van der Waals surface area contributed by atoms with Crippen molar-refractivity contribution in [3.8, 4) is 0 Å². The quantitative estimate of drug-likeness (QED) is 0.785. The van der Waals surface area contributed by atoms with Gasteiger partial charge in [-0.05, 0) is 50.0 Å². The number of carbonyl (C=O) groups is 1. The Balaban J connectivity index is 1.57. The van der Waals surface area contributed by atoms with Gasteiger partial charge in [-0.2, -0.15) is 0 Å². The maximum Gasteiger partial charge on any atom is 0.219 e. The van der Waals surface area contributed by atoms with Crippen LogP contribution in [0.2, 0.25) is 0 Å². The summed E-state index contributed by atoms with van der Waals surface area (Å²) < 4.78 is 32.4. The number of ether oxygens (including phenoxy) is 1. The van der Waals surface area contributed by atoms with Crippen LogP contribution in [0.4, 0.5) is 0 Å². The van der Waals surface area contributed by atoms with E-state index in [1.807, 2.05) is 6.07 Å². The van der Waals surface area contributed by atoms with Crippen molar-refractivity contribution in [3.63, 3.8) is 0 Å². The van der Waals surface area contributed by atoms with Crippen LogP contribution in [0.15, 0.2) is 30.3 Å². The molecule has 0 spiro atoms. The summed E-state index contributed by atoms with van der Waals surface area (Å²) in [6, 6.07) is 10.1. The van der Waals surface area contributed by atoms with E-state index in [0.717, 1.165) is 38.5 Å². The van der Waals surface area contributed by atoms with Gasteiger partial charge in [0.15, 0.2) is 0 Å². The van der Waals surface area contributed by atoms with Gasteiger partial charge in [0.2, 0.25) is 15.9 Å². The minimum absolute atomic E-state index is 0.0265. The molecule has 1 aliphatic carbocycles. The first kappa shape index (κ1) is 21.3. The Morgan fingerprint density at radius 1 is 1.14 bits per heavy atom. The lowest BCUT2D eigenvalue weighted by Crippen LogP contribution is -2.58. The van der Waals surface area contributed by atoms with Gasteiger partial charge in [-0.3, -0.25) is 4.79 Å². The zero-order valence-electron chi connectivity index (χ0n) is 16.8. The SMILES string of the molecule is CC(=O)N1CCC[C@H](NS(C)(=O)=O)[C@@H]1CO[C@H]1CC[C@@H](c2ccccc2)CC1. The number of likely N-dealkylation sites (tertiary alicyclic amines) is 1. The number of hydrogen-bond acceptors (Lipinski definition) is 4. The normalized spacial score (nSPS) is 28.9. The second-order valence-electron chi connectivity index (χ2n) is 8.14. The molecule has 1 aromatic rings. The van der Waals surface area contributed by atoms with E-state index < -0.39 is 10.0 Å². The molecular weight excluding hydrogens is 376 g/mol. The fourth-order valence-corrected chi connectivity index (χ4v) is 5.41. The molecule has 28 heavy (non-hydrogen) atoms. The largest absolute Gasteiger partial charge is 0.376 e. The maximum atomic E-state index is 12.1. The molecular formula is C21H32N2O4S. The summed E-state index contributed by atoms with van der Waals surface area (Å²) in [5, 5.41) is 0. The summed E-state index contributed by atoms with van der Waals surface area (Å²) in [6.45, 7) is 2.58. The molecule has 3 rings (SSSR count). The highest BCUT2D eigenvalue weighted by Crippen LogP contribution is 2.34. The molecule has 0 bridgehead atoms. The van der Waals surface area contributed by atoms with Crippen molar-refractivity contribution in [2.75, 3.05) is 19.4 Å². The molecule has 156 valence electrons. The van der Waals surface area contributed by atoms with Crippen molar-refractivity contribution in [2.24, 2.45) is 0 Å². The molecule has 7 heteroatoms. The number of hydrogen-bond donors (Lipinski definition) is 1. The number of nitrogens with zero attached hydrogens (tertiary/aromatic N) is 1. The minimum atomic E-state index is -3.33. The average Bonchev–Trinajstić information content (AvgIpc) is 2.66. The van der Waals surface area contributed by atoms with Crippen molar-refractivity contribution in [3.05, 3.63) is 35.9 Å². The highest BCUT2D eigenvalue weighted by Gasteiger charge is 2.35. The molecule has 2 aliphatic rings. The van der Waals surface area contributed by atoms with Crippen LogP contribution < -0.4 is 4.72 Å². The third kappa shape index (κ3) is 5.78. The first-order chi connectivity index (χ1) is 13.3. The van der Waals surface area contributed by atoms with Crippen LogP contribution in [-0.4, -0.2) is 56.8 Å². The lowest BCUT2D eigenvalue weighted by atomic mass is 9.83. The van der Waals surface area contributed by atoms with Crippen molar-refractivity contribution in [1.29, 1.82) is 0 Å². The number of nitrogens with one attached hydrogen (secondary N) is 1. The number of benzene rings is 1. The summed E-state index contributed by atoms with van der Waals surface area (Å²) in [4.78, 5) is 13.8. The summed E-state index contributed by atoms with van der Waals surface area (Å²) in [5.41, 5.74) is 1.40. The Morgan fingerprint density at radius 2 is 1.82 bits per heavy atom. The summed E-state index contributed by atoms with van der Waals surface area (Å²) in [6.07, 6.45) is 7.06.